The molecule has 1 aliphatic rings. The number of carbonyl (C=O) groups excluding carboxylic acids is 2. The summed E-state index contributed by atoms with van der Waals surface area (Å²) in [5.41, 5.74) is 3.01. The fourth-order valence-corrected chi connectivity index (χ4v) is 6.01. The van der Waals surface area contributed by atoms with Crippen molar-refractivity contribution >= 4 is 52.1 Å². The summed E-state index contributed by atoms with van der Waals surface area (Å²) in [6.45, 7) is 3.79. The van der Waals surface area contributed by atoms with Gasteiger partial charge in [0.1, 0.15) is 17.9 Å². The zero-order valence-electron chi connectivity index (χ0n) is 26.8. The Kier molecular flexibility index (Phi) is 10.3. The van der Waals surface area contributed by atoms with E-state index >= 15 is 0 Å². The van der Waals surface area contributed by atoms with Gasteiger partial charge in [-0.05, 0) is 68.5 Å². The van der Waals surface area contributed by atoms with Gasteiger partial charge >= 0.3 is 5.97 Å². The number of nitrogens with one attached hydrogen (secondary N) is 2. The summed E-state index contributed by atoms with van der Waals surface area (Å²) < 4.78 is 12.8. The molecule has 11 nitrogen and oxygen atoms in total. The van der Waals surface area contributed by atoms with Crippen molar-refractivity contribution in [3.63, 3.8) is 0 Å². The minimum absolute atomic E-state index is 0.227. The van der Waals surface area contributed by atoms with Crippen molar-refractivity contribution < 1.29 is 29.0 Å². The van der Waals surface area contributed by atoms with Gasteiger partial charge in [0.05, 0.1) is 17.3 Å². The maximum atomic E-state index is 13.6. The number of aromatic nitrogens is 3. The quantitative estimate of drug-likeness (QED) is 0.120. The first-order valence-electron chi connectivity index (χ1n) is 15.4. The van der Waals surface area contributed by atoms with Gasteiger partial charge in [0.25, 0.3) is 5.91 Å². The number of ether oxygens (including phenoxy) is 2. The van der Waals surface area contributed by atoms with Crippen LogP contribution in [0.3, 0.4) is 0 Å². The lowest BCUT2D eigenvalue weighted by molar-refractivity contribution is -0.131. The third-order valence-corrected chi connectivity index (χ3v) is 8.51. The maximum absolute atomic E-state index is 13.6. The van der Waals surface area contributed by atoms with Crippen LogP contribution in [-0.2, 0) is 21.4 Å². The molecule has 3 N–H and O–H groups in total. The molecule has 0 bridgehead atoms. The lowest BCUT2D eigenvalue weighted by Gasteiger charge is -2.25. The molecule has 0 radical (unpaired) electrons. The van der Waals surface area contributed by atoms with E-state index in [1.54, 1.807) is 57.6 Å². The van der Waals surface area contributed by atoms with Crippen molar-refractivity contribution in [1.29, 1.82) is 0 Å². The Bertz CT molecular complexity index is 1830. The van der Waals surface area contributed by atoms with Gasteiger partial charge in [0, 0.05) is 66.4 Å². The van der Waals surface area contributed by atoms with Crippen molar-refractivity contribution in [3.05, 3.63) is 76.6 Å². The normalized spacial score (nSPS) is 13.7. The second-order valence-electron chi connectivity index (χ2n) is 12.1. The van der Waals surface area contributed by atoms with Gasteiger partial charge in [-0.3, -0.25) is 9.59 Å². The number of aliphatic carboxylic acids is 1. The third-order valence-electron chi connectivity index (χ3n) is 8.31. The fraction of sp³-hybridized carbons (Fsp3) is 0.343. The van der Waals surface area contributed by atoms with E-state index in [9.17, 15) is 14.4 Å². The van der Waals surface area contributed by atoms with Crippen LogP contribution < -0.4 is 15.4 Å². The summed E-state index contributed by atoms with van der Waals surface area (Å²) in [6.07, 6.45) is 10.1. The second-order valence-corrected chi connectivity index (χ2v) is 12.5. The molecule has 2 amide bonds. The largest absolute Gasteiger partial charge is 0.490 e. The Morgan fingerprint density at radius 3 is 2.49 bits per heavy atom. The molecule has 1 aliphatic carbocycles. The summed E-state index contributed by atoms with van der Waals surface area (Å²) in [5, 5.41) is 16.2. The average Bonchev–Trinajstić information content (AvgIpc) is 3.67. The van der Waals surface area contributed by atoms with E-state index in [1.165, 1.54) is 11.6 Å². The van der Waals surface area contributed by atoms with Gasteiger partial charge in [0.15, 0.2) is 5.82 Å². The number of methoxy groups -OCH3 is 1. The Morgan fingerprint density at radius 1 is 1.09 bits per heavy atom. The number of carboxylic acids is 1. The number of nitrogens with zero attached hydrogens (tertiary/aromatic N) is 3. The van der Waals surface area contributed by atoms with Crippen molar-refractivity contribution in [1.82, 2.24) is 19.9 Å². The van der Waals surface area contributed by atoms with E-state index in [-0.39, 0.29) is 6.61 Å². The molecule has 2 heterocycles. The van der Waals surface area contributed by atoms with Gasteiger partial charge < -0.3 is 29.8 Å². The number of hydrogen-bond donors (Lipinski definition) is 3. The highest BCUT2D eigenvalue weighted by Crippen LogP contribution is 2.44. The predicted molar refractivity (Wildman–Crippen MR) is 181 cm³/mol. The highest BCUT2D eigenvalue weighted by atomic mass is 35.5. The average molecular weight is 660 g/mol. The Labute approximate surface area is 278 Å². The number of fused-ring (bicyclic) bond motifs is 1. The van der Waals surface area contributed by atoms with Crippen LogP contribution in [0.15, 0.2) is 54.9 Å². The second kappa shape index (κ2) is 14.4. The van der Waals surface area contributed by atoms with Crippen molar-refractivity contribution in [2.75, 3.05) is 25.6 Å². The van der Waals surface area contributed by atoms with Crippen LogP contribution in [0.2, 0.25) is 5.02 Å². The van der Waals surface area contributed by atoms with E-state index in [1.807, 2.05) is 23.7 Å². The fourth-order valence-electron chi connectivity index (χ4n) is 5.91. The van der Waals surface area contributed by atoms with Crippen LogP contribution in [0.1, 0.15) is 66.9 Å². The molecule has 2 aromatic heterocycles. The first-order valence-corrected chi connectivity index (χ1v) is 15.8. The van der Waals surface area contributed by atoms with Crippen LogP contribution in [0, 0.1) is 0 Å². The van der Waals surface area contributed by atoms with Gasteiger partial charge in [-0.2, -0.15) is 0 Å². The van der Waals surface area contributed by atoms with Crippen LogP contribution in [0.25, 0.3) is 28.5 Å². The summed E-state index contributed by atoms with van der Waals surface area (Å²) in [5.74, 6) is -0.638. The summed E-state index contributed by atoms with van der Waals surface area (Å²) in [6, 6.07) is 10.5. The lowest BCUT2D eigenvalue weighted by atomic mass is 9.93. The summed E-state index contributed by atoms with van der Waals surface area (Å²) in [4.78, 5) is 47.0. The Morgan fingerprint density at radius 2 is 1.81 bits per heavy atom. The van der Waals surface area contributed by atoms with E-state index in [0.29, 0.717) is 45.9 Å². The van der Waals surface area contributed by atoms with Gasteiger partial charge in [-0.1, -0.05) is 30.5 Å². The smallest absolute Gasteiger partial charge is 0.328 e. The maximum Gasteiger partial charge on any atom is 0.328 e. The Hall–Kier alpha value is -4.74. The molecule has 0 unspecified atom stereocenters. The first-order chi connectivity index (χ1) is 22.5. The zero-order valence-corrected chi connectivity index (χ0v) is 27.6. The SMILES string of the molecule is COCCOc1cc(NC(=O)C(C)(C)NC(=O)c2ccc3c(C4CCCC4)c(-c4ncc(Cl)cn4)n(C)c3c2)ccc1/C=C/C(=O)O. The zero-order chi connectivity index (χ0) is 33.7. The lowest BCUT2D eigenvalue weighted by Crippen LogP contribution is -2.52. The molecular formula is C35H38ClN5O6. The van der Waals surface area contributed by atoms with Crippen LogP contribution in [-0.4, -0.2) is 63.3 Å². The highest BCUT2D eigenvalue weighted by Gasteiger charge is 2.32. The summed E-state index contributed by atoms with van der Waals surface area (Å²) >= 11 is 6.08. The number of anilines is 1. The number of carboxylic acid groups (broad SMARTS) is 1. The number of amides is 2. The molecule has 0 saturated heterocycles. The molecule has 47 heavy (non-hydrogen) atoms. The number of halogens is 1. The number of benzene rings is 2. The van der Waals surface area contributed by atoms with E-state index in [2.05, 4.69) is 20.6 Å². The van der Waals surface area contributed by atoms with E-state index < -0.39 is 23.3 Å². The van der Waals surface area contributed by atoms with Crippen LogP contribution >= 0.6 is 11.6 Å². The molecule has 0 aliphatic heterocycles. The van der Waals surface area contributed by atoms with Crippen LogP contribution in [0.4, 0.5) is 5.69 Å². The van der Waals surface area contributed by atoms with Gasteiger partial charge in [-0.25, -0.2) is 14.8 Å². The number of rotatable bonds is 12. The highest BCUT2D eigenvalue weighted by molar-refractivity contribution is 6.30. The first kappa shape index (κ1) is 33.6. The topological polar surface area (TPSA) is 145 Å². The molecule has 1 saturated carbocycles. The molecule has 12 heteroatoms. The van der Waals surface area contributed by atoms with Crippen molar-refractivity contribution in [2.24, 2.45) is 7.05 Å². The van der Waals surface area contributed by atoms with Crippen molar-refractivity contribution in [3.8, 4) is 17.3 Å². The van der Waals surface area contributed by atoms with Crippen molar-refractivity contribution in [2.45, 2.75) is 51.0 Å². The van der Waals surface area contributed by atoms with Crippen LogP contribution in [0.5, 0.6) is 5.75 Å². The number of hydrogen-bond acceptors (Lipinski definition) is 7. The number of carbonyl (C=O) groups is 3. The van der Waals surface area contributed by atoms with Gasteiger partial charge in [-0.15, -0.1) is 0 Å². The molecule has 0 spiro atoms. The van der Waals surface area contributed by atoms with E-state index in [0.717, 1.165) is 48.4 Å². The molecule has 0 atom stereocenters. The molecule has 4 aromatic rings. The minimum Gasteiger partial charge on any atom is -0.490 e. The molecule has 5 rings (SSSR count). The predicted octanol–water partition coefficient (Wildman–Crippen LogP) is 6.22. The molecule has 2 aromatic carbocycles. The Balaban J connectivity index is 1.38. The molecular weight excluding hydrogens is 622 g/mol. The van der Waals surface area contributed by atoms with E-state index in [4.69, 9.17) is 26.2 Å². The molecule has 246 valence electrons. The summed E-state index contributed by atoms with van der Waals surface area (Å²) in [7, 11) is 3.49. The minimum atomic E-state index is -1.30. The van der Waals surface area contributed by atoms with Gasteiger partial charge in [0.2, 0.25) is 5.91 Å². The number of aryl methyl sites for hydroxylation is 1. The third kappa shape index (κ3) is 7.64. The molecule has 1 fully saturated rings. The monoisotopic (exact) mass is 659 g/mol. The standard InChI is InChI=1S/C35H38ClN5O6/c1-35(2,34(45)39-25-12-9-21(11-14-29(42)43)28(18-25)47-16-15-46-4)40-33(44)23-10-13-26-27(17-23)41(3)31(30(26)22-7-5-6-8-22)32-37-19-24(36)20-38-32/h9-14,17-20,22H,5-8,15-16H2,1-4H3,(H,39,45)(H,40,44)(H,42,43)/b14-11+.